The van der Waals surface area contributed by atoms with Gasteiger partial charge in [0, 0.05) is 31.2 Å². The van der Waals surface area contributed by atoms with Gasteiger partial charge in [-0.1, -0.05) is 32.4 Å². The Morgan fingerprint density at radius 1 is 1.07 bits per heavy atom. The van der Waals surface area contributed by atoms with E-state index in [1.165, 1.54) is 33.5 Å². The molecule has 7 nitrogen and oxygen atoms in total. The molecule has 1 aromatic rings. The minimum Gasteiger partial charge on any atom is -0.456 e. The molecule has 1 aromatic carbocycles. The SMILES string of the molecule is CC(C)(C)CC(=O)OCC(=O)N1CCN(S(=O)(=O)c2ccc(Cl)cc2)CC1. The monoisotopic (exact) mass is 416 g/mol. The zero-order valence-electron chi connectivity index (χ0n) is 15.8. The van der Waals surface area contributed by atoms with Crippen molar-refractivity contribution in [2.75, 3.05) is 32.8 Å². The van der Waals surface area contributed by atoms with Crippen LogP contribution in [0, 0.1) is 5.41 Å². The topological polar surface area (TPSA) is 84.0 Å². The van der Waals surface area contributed by atoms with E-state index >= 15 is 0 Å². The van der Waals surface area contributed by atoms with Crippen LogP contribution in [0.25, 0.3) is 0 Å². The van der Waals surface area contributed by atoms with E-state index in [9.17, 15) is 18.0 Å². The molecule has 0 atom stereocenters. The van der Waals surface area contributed by atoms with Crippen molar-refractivity contribution in [3.63, 3.8) is 0 Å². The van der Waals surface area contributed by atoms with Gasteiger partial charge in [-0.2, -0.15) is 4.31 Å². The average molecular weight is 417 g/mol. The second-order valence-electron chi connectivity index (χ2n) is 7.64. The number of piperazine rings is 1. The van der Waals surface area contributed by atoms with E-state index in [-0.39, 0.29) is 55.4 Å². The van der Waals surface area contributed by atoms with Crippen LogP contribution in [-0.2, 0) is 24.3 Å². The van der Waals surface area contributed by atoms with Crippen molar-refractivity contribution in [1.82, 2.24) is 9.21 Å². The third-order valence-corrected chi connectivity index (χ3v) is 6.24. The molecule has 0 spiro atoms. The summed E-state index contributed by atoms with van der Waals surface area (Å²) in [7, 11) is -3.62. The highest BCUT2D eigenvalue weighted by atomic mass is 35.5. The Balaban J connectivity index is 1.86. The van der Waals surface area contributed by atoms with Gasteiger partial charge < -0.3 is 9.64 Å². The summed E-state index contributed by atoms with van der Waals surface area (Å²) in [5.41, 5.74) is -0.207. The Labute approximate surface area is 165 Å². The molecule has 1 fully saturated rings. The molecule has 27 heavy (non-hydrogen) atoms. The minimum absolute atomic E-state index is 0.169. The summed E-state index contributed by atoms with van der Waals surface area (Å²) in [4.78, 5) is 25.6. The maximum Gasteiger partial charge on any atom is 0.306 e. The largest absolute Gasteiger partial charge is 0.456 e. The first-order chi connectivity index (χ1) is 12.5. The van der Waals surface area contributed by atoms with Gasteiger partial charge in [0.25, 0.3) is 5.91 Å². The van der Waals surface area contributed by atoms with Crippen molar-refractivity contribution >= 4 is 33.5 Å². The Bertz CT molecular complexity index is 779. The van der Waals surface area contributed by atoms with Crippen LogP contribution in [0.3, 0.4) is 0 Å². The van der Waals surface area contributed by atoms with E-state index < -0.39 is 16.0 Å². The van der Waals surface area contributed by atoms with E-state index in [0.29, 0.717) is 5.02 Å². The molecular weight excluding hydrogens is 392 g/mol. The maximum absolute atomic E-state index is 12.6. The number of sulfonamides is 1. The van der Waals surface area contributed by atoms with Gasteiger partial charge in [-0.25, -0.2) is 8.42 Å². The average Bonchev–Trinajstić information content (AvgIpc) is 2.58. The highest BCUT2D eigenvalue weighted by Gasteiger charge is 2.30. The highest BCUT2D eigenvalue weighted by Crippen LogP contribution is 2.20. The number of esters is 1. The standard InChI is InChI=1S/C18H25ClN2O5S/c1-18(2,3)12-17(23)26-13-16(22)20-8-10-21(11-9-20)27(24,25)15-6-4-14(19)5-7-15/h4-7H,8-13H2,1-3H3. The molecule has 0 bridgehead atoms. The summed E-state index contributed by atoms with van der Waals surface area (Å²) in [5, 5.41) is 0.463. The molecule has 150 valence electrons. The molecule has 1 aliphatic heterocycles. The number of halogens is 1. The van der Waals surface area contributed by atoms with Crippen LogP contribution in [0.5, 0.6) is 0 Å². The first kappa shape index (κ1) is 21.7. The van der Waals surface area contributed by atoms with Gasteiger partial charge in [-0.3, -0.25) is 9.59 Å². The van der Waals surface area contributed by atoms with Crippen LogP contribution < -0.4 is 0 Å². The van der Waals surface area contributed by atoms with Crippen LogP contribution in [-0.4, -0.2) is 62.3 Å². The van der Waals surface area contributed by atoms with E-state index in [0.717, 1.165) is 0 Å². The molecule has 0 radical (unpaired) electrons. The lowest BCUT2D eigenvalue weighted by Crippen LogP contribution is -2.51. The van der Waals surface area contributed by atoms with Crippen LogP contribution in [0.15, 0.2) is 29.2 Å². The number of rotatable bonds is 5. The van der Waals surface area contributed by atoms with E-state index in [4.69, 9.17) is 16.3 Å². The molecule has 9 heteroatoms. The Morgan fingerprint density at radius 2 is 1.63 bits per heavy atom. The summed E-state index contributed by atoms with van der Waals surface area (Å²) in [6, 6.07) is 5.98. The molecule has 0 aromatic heterocycles. The molecule has 0 saturated carbocycles. The molecule has 0 aliphatic carbocycles. The fourth-order valence-corrected chi connectivity index (χ4v) is 4.20. The number of benzene rings is 1. The number of hydrogen-bond donors (Lipinski definition) is 0. The molecule has 1 saturated heterocycles. The molecule has 1 heterocycles. The summed E-state index contributed by atoms with van der Waals surface area (Å²) < 4.78 is 31.6. The lowest BCUT2D eigenvalue weighted by atomic mass is 9.92. The molecular formula is C18H25ClN2O5S. The van der Waals surface area contributed by atoms with E-state index in [2.05, 4.69) is 0 Å². The zero-order valence-corrected chi connectivity index (χ0v) is 17.3. The van der Waals surface area contributed by atoms with Gasteiger partial charge in [0.15, 0.2) is 6.61 Å². The highest BCUT2D eigenvalue weighted by molar-refractivity contribution is 7.89. The molecule has 1 amide bonds. The Hall–Kier alpha value is -1.64. The quantitative estimate of drug-likeness (QED) is 0.686. The fraction of sp³-hybridized carbons (Fsp3) is 0.556. The van der Waals surface area contributed by atoms with Gasteiger partial charge in [0.2, 0.25) is 10.0 Å². The van der Waals surface area contributed by atoms with Gasteiger partial charge >= 0.3 is 5.97 Å². The number of nitrogens with zero attached hydrogens (tertiary/aromatic N) is 2. The van der Waals surface area contributed by atoms with Crippen LogP contribution >= 0.6 is 11.6 Å². The lowest BCUT2D eigenvalue weighted by molar-refractivity contribution is -0.154. The van der Waals surface area contributed by atoms with E-state index in [1.54, 1.807) is 0 Å². The third kappa shape index (κ3) is 6.19. The van der Waals surface area contributed by atoms with Gasteiger partial charge in [-0.15, -0.1) is 0 Å². The van der Waals surface area contributed by atoms with Gasteiger partial charge in [-0.05, 0) is 29.7 Å². The van der Waals surface area contributed by atoms with E-state index in [1.807, 2.05) is 20.8 Å². The summed E-state index contributed by atoms with van der Waals surface area (Å²) in [6.07, 6.45) is 0.230. The number of ether oxygens (including phenoxy) is 1. The van der Waals surface area contributed by atoms with Crippen LogP contribution in [0.4, 0.5) is 0 Å². The number of hydrogen-bond acceptors (Lipinski definition) is 5. The van der Waals surface area contributed by atoms with Crippen molar-refractivity contribution in [2.45, 2.75) is 32.1 Å². The van der Waals surface area contributed by atoms with Crippen molar-refractivity contribution in [3.05, 3.63) is 29.3 Å². The second kappa shape index (κ2) is 8.58. The summed E-state index contributed by atoms with van der Waals surface area (Å²) in [6.45, 7) is 6.30. The number of amides is 1. The third-order valence-electron chi connectivity index (χ3n) is 4.07. The van der Waals surface area contributed by atoms with Gasteiger partial charge in [0.1, 0.15) is 0 Å². The summed E-state index contributed by atoms with van der Waals surface area (Å²) in [5.74, 6) is -0.736. The molecule has 0 N–H and O–H groups in total. The van der Waals surface area contributed by atoms with Crippen molar-refractivity contribution in [2.24, 2.45) is 5.41 Å². The Kier molecular flexibility index (Phi) is 6.88. The number of carbonyl (C=O) groups excluding carboxylic acids is 2. The zero-order chi connectivity index (χ0) is 20.2. The first-order valence-electron chi connectivity index (χ1n) is 8.68. The fourth-order valence-electron chi connectivity index (χ4n) is 2.65. The predicted molar refractivity (Wildman–Crippen MR) is 102 cm³/mol. The molecule has 1 aliphatic rings. The second-order valence-corrected chi connectivity index (χ2v) is 10.0. The summed E-state index contributed by atoms with van der Waals surface area (Å²) >= 11 is 5.80. The minimum atomic E-state index is -3.62. The lowest BCUT2D eigenvalue weighted by Gasteiger charge is -2.34. The van der Waals surface area contributed by atoms with Crippen LogP contribution in [0.2, 0.25) is 5.02 Å². The van der Waals surface area contributed by atoms with Crippen molar-refractivity contribution in [3.8, 4) is 0 Å². The Morgan fingerprint density at radius 3 is 2.15 bits per heavy atom. The van der Waals surface area contributed by atoms with Crippen molar-refractivity contribution in [1.29, 1.82) is 0 Å². The smallest absolute Gasteiger partial charge is 0.306 e. The molecule has 0 unspecified atom stereocenters. The first-order valence-corrected chi connectivity index (χ1v) is 10.5. The predicted octanol–water partition coefficient (Wildman–Crippen LogP) is 2.15. The normalized spacial score (nSPS) is 16.2. The molecule has 2 rings (SSSR count). The number of carbonyl (C=O) groups is 2. The van der Waals surface area contributed by atoms with Crippen LogP contribution in [0.1, 0.15) is 27.2 Å². The maximum atomic E-state index is 12.6. The van der Waals surface area contributed by atoms with Gasteiger partial charge in [0.05, 0.1) is 11.3 Å². The van der Waals surface area contributed by atoms with Crippen molar-refractivity contribution < 1.29 is 22.7 Å².